The van der Waals surface area contributed by atoms with Gasteiger partial charge in [-0.05, 0) is 63.6 Å². The Hall–Kier alpha value is -2.57. The zero-order chi connectivity index (χ0) is 23.0. The SMILES string of the molecule is Cc1cc(OC[C@H](O)Cn2c([C@@H]3CC(=O)N(C(C)(C)C)C3)nc3ccccc32)ccc1Cl. The molecule has 0 radical (unpaired) electrons. The molecule has 2 atom stereocenters. The number of amides is 1. The molecule has 7 heteroatoms. The second kappa shape index (κ2) is 8.75. The van der Waals surface area contributed by atoms with Gasteiger partial charge in [-0.1, -0.05) is 23.7 Å². The summed E-state index contributed by atoms with van der Waals surface area (Å²) < 4.78 is 7.85. The molecule has 1 aromatic heterocycles. The van der Waals surface area contributed by atoms with Gasteiger partial charge in [-0.3, -0.25) is 4.79 Å². The van der Waals surface area contributed by atoms with Crippen LogP contribution >= 0.6 is 11.6 Å². The molecule has 170 valence electrons. The first-order chi connectivity index (χ1) is 15.1. The number of aliphatic hydroxyl groups excluding tert-OH is 1. The van der Waals surface area contributed by atoms with Crippen molar-refractivity contribution < 1.29 is 14.6 Å². The number of imidazole rings is 1. The molecule has 3 aromatic rings. The maximum Gasteiger partial charge on any atom is 0.223 e. The number of likely N-dealkylation sites (tertiary alicyclic amines) is 1. The van der Waals surface area contributed by atoms with Crippen molar-refractivity contribution in [1.82, 2.24) is 14.5 Å². The third-order valence-electron chi connectivity index (χ3n) is 5.95. The maximum absolute atomic E-state index is 12.7. The van der Waals surface area contributed by atoms with Crippen molar-refractivity contribution in [3.05, 3.63) is 58.9 Å². The van der Waals surface area contributed by atoms with Crippen LogP contribution in [-0.4, -0.2) is 50.3 Å². The summed E-state index contributed by atoms with van der Waals surface area (Å²) in [5.41, 5.74) is 2.51. The van der Waals surface area contributed by atoms with E-state index in [0.717, 1.165) is 22.4 Å². The fraction of sp³-hybridized carbons (Fsp3) is 0.440. The first-order valence-electron chi connectivity index (χ1n) is 11.0. The Morgan fingerprint density at radius 3 is 2.69 bits per heavy atom. The Labute approximate surface area is 193 Å². The molecule has 32 heavy (non-hydrogen) atoms. The highest BCUT2D eigenvalue weighted by molar-refractivity contribution is 6.31. The van der Waals surface area contributed by atoms with Crippen molar-refractivity contribution in [3.63, 3.8) is 0 Å². The van der Waals surface area contributed by atoms with E-state index in [1.807, 2.05) is 46.7 Å². The summed E-state index contributed by atoms with van der Waals surface area (Å²) in [6.45, 7) is 9.18. The highest BCUT2D eigenvalue weighted by Crippen LogP contribution is 2.34. The Morgan fingerprint density at radius 1 is 1.25 bits per heavy atom. The fourth-order valence-corrected chi connectivity index (χ4v) is 4.41. The lowest BCUT2D eigenvalue weighted by Crippen LogP contribution is -2.42. The molecule has 1 amide bonds. The van der Waals surface area contributed by atoms with Gasteiger partial charge in [0.25, 0.3) is 0 Å². The quantitative estimate of drug-likeness (QED) is 0.592. The number of halogens is 1. The lowest BCUT2D eigenvalue weighted by Gasteiger charge is -2.32. The van der Waals surface area contributed by atoms with E-state index in [-0.39, 0.29) is 24.0 Å². The lowest BCUT2D eigenvalue weighted by molar-refractivity contribution is -0.131. The molecule has 0 spiro atoms. The predicted molar refractivity (Wildman–Crippen MR) is 126 cm³/mol. The van der Waals surface area contributed by atoms with E-state index in [1.165, 1.54) is 0 Å². The highest BCUT2D eigenvalue weighted by Gasteiger charge is 2.39. The number of rotatable bonds is 6. The third-order valence-corrected chi connectivity index (χ3v) is 6.37. The van der Waals surface area contributed by atoms with E-state index in [4.69, 9.17) is 21.3 Å². The van der Waals surface area contributed by atoms with E-state index < -0.39 is 6.10 Å². The van der Waals surface area contributed by atoms with Crippen LogP contribution in [-0.2, 0) is 11.3 Å². The molecular weight excluding hydrogens is 426 g/mol. The molecule has 6 nitrogen and oxygen atoms in total. The molecule has 2 heterocycles. The molecule has 1 saturated heterocycles. The number of hydrogen-bond acceptors (Lipinski definition) is 4. The summed E-state index contributed by atoms with van der Waals surface area (Å²) in [6.07, 6.45) is -0.310. The van der Waals surface area contributed by atoms with Gasteiger partial charge in [0.05, 0.1) is 17.6 Å². The minimum absolute atomic E-state index is 0.0128. The van der Waals surface area contributed by atoms with Crippen LogP contribution in [0.2, 0.25) is 5.02 Å². The summed E-state index contributed by atoms with van der Waals surface area (Å²) in [6, 6.07) is 13.3. The number of nitrogens with zero attached hydrogens (tertiary/aromatic N) is 3. The van der Waals surface area contributed by atoms with Gasteiger partial charge < -0.3 is 19.3 Å². The summed E-state index contributed by atoms with van der Waals surface area (Å²) >= 11 is 6.08. The van der Waals surface area contributed by atoms with Gasteiger partial charge in [0.2, 0.25) is 5.91 Å². The van der Waals surface area contributed by atoms with Crippen molar-refractivity contribution in [1.29, 1.82) is 0 Å². The number of carbonyl (C=O) groups is 1. The molecule has 1 aliphatic heterocycles. The van der Waals surface area contributed by atoms with E-state index in [0.29, 0.717) is 30.3 Å². The smallest absolute Gasteiger partial charge is 0.223 e. The van der Waals surface area contributed by atoms with E-state index in [2.05, 4.69) is 20.8 Å². The number of benzene rings is 2. The van der Waals surface area contributed by atoms with Gasteiger partial charge in [0.1, 0.15) is 24.3 Å². The number of ether oxygens (including phenoxy) is 1. The summed E-state index contributed by atoms with van der Waals surface area (Å²) in [7, 11) is 0. The molecule has 1 fully saturated rings. The molecule has 0 bridgehead atoms. The van der Waals surface area contributed by atoms with Gasteiger partial charge in [0.15, 0.2) is 0 Å². The average molecular weight is 456 g/mol. The minimum atomic E-state index is -0.738. The molecule has 1 aliphatic rings. The van der Waals surface area contributed by atoms with Crippen LogP contribution in [0, 0.1) is 6.92 Å². The van der Waals surface area contributed by atoms with Gasteiger partial charge in [0, 0.05) is 29.4 Å². The average Bonchev–Trinajstić information content (AvgIpc) is 3.30. The number of aromatic nitrogens is 2. The second-order valence-corrected chi connectivity index (χ2v) is 9.93. The third kappa shape index (κ3) is 4.62. The van der Waals surface area contributed by atoms with Crippen molar-refractivity contribution in [2.45, 2.75) is 58.2 Å². The standard InChI is InChI=1S/C25H30ClN3O3/c1-16-11-19(9-10-20(16)26)32-15-18(30)14-28-22-8-6-5-7-21(22)27-24(28)17-12-23(31)29(13-17)25(2,3)4/h5-11,17-18,30H,12-15H2,1-4H3/t17-,18-/m1/s1. The Morgan fingerprint density at radius 2 is 2.00 bits per heavy atom. The lowest BCUT2D eigenvalue weighted by atomic mass is 10.1. The minimum Gasteiger partial charge on any atom is -0.491 e. The van der Waals surface area contributed by atoms with Crippen LogP contribution in [0.1, 0.15) is 44.5 Å². The fourth-order valence-electron chi connectivity index (χ4n) is 4.29. The molecule has 0 aliphatic carbocycles. The zero-order valence-corrected chi connectivity index (χ0v) is 19.8. The van der Waals surface area contributed by atoms with Crippen molar-refractivity contribution in [2.24, 2.45) is 0 Å². The predicted octanol–water partition coefficient (Wildman–Crippen LogP) is 4.55. The normalized spacial score (nSPS) is 17.9. The number of aryl methyl sites for hydroxylation is 1. The van der Waals surface area contributed by atoms with Crippen LogP contribution < -0.4 is 4.74 Å². The largest absolute Gasteiger partial charge is 0.491 e. The van der Waals surface area contributed by atoms with E-state index >= 15 is 0 Å². The number of para-hydroxylation sites is 2. The Kier molecular flexibility index (Phi) is 6.19. The van der Waals surface area contributed by atoms with Gasteiger partial charge in [-0.15, -0.1) is 0 Å². The first-order valence-corrected chi connectivity index (χ1v) is 11.3. The van der Waals surface area contributed by atoms with Crippen LogP contribution in [0.15, 0.2) is 42.5 Å². The second-order valence-electron chi connectivity index (χ2n) is 9.52. The maximum atomic E-state index is 12.7. The van der Waals surface area contributed by atoms with E-state index in [1.54, 1.807) is 12.1 Å². The summed E-state index contributed by atoms with van der Waals surface area (Å²) in [5.74, 6) is 1.64. The molecule has 0 saturated carbocycles. The van der Waals surface area contributed by atoms with Crippen LogP contribution in [0.5, 0.6) is 5.75 Å². The number of hydrogen-bond donors (Lipinski definition) is 1. The van der Waals surface area contributed by atoms with E-state index in [9.17, 15) is 9.90 Å². The van der Waals surface area contributed by atoms with Crippen molar-refractivity contribution >= 4 is 28.5 Å². The molecule has 4 rings (SSSR count). The molecule has 0 unspecified atom stereocenters. The van der Waals surface area contributed by atoms with Crippen LogP contribution in [0.4, 0.5) is 0 Å². The summed E-state index contributed by atoms with van der Waals surface area (Å²) in [5, 5.41) is 11.5. The van der Waals surface area contributed by atoms with Crippen molar-refractivity contribution in [3.8, 4) is 5.75 Å². The Bertz CT molecular complexity index is 1140. The molecular formula is C25H30ClN3O3. The van der Waals surface area contributed by atoms with Gasteiger partial charge in [-0.2, -0.15) is 0 Å². The van der Waals surface area contributed by atoms with Crippen molar-refractivity contribution in [2.75, 3.05) is 13.2 Å². The highest BCUT2D eigenvalue weighted by atomic mass is 35.5. The first kappa shape index (κ1) is 22.6. The van der Waals surface area contributed by atoms with Gasteiger partial charge >= 0.3 is 0 Å². The Balaban J connectivity index is 1.55. The summed E-state index contributed by atoms with van der Waals surface area (Å²) in [4.78, 5) is 19.5. The zero-order valence-electron chi connectivity index (χ0n) is 19.0. The molecule has 2 aromatic carbocycles. The van der Waals surface area contributed by atoms with Gasteiger partial charge in [-0.25, -0.2) is 4.98 Å². The number of aliphatic hydroxyl groups is 1. The molecule has 1 N–H and O–H groups in total. The number of fused-ring (bicyclic) bond motifs is 1. The topological polar surface area (TPSA) is 67.6 Å². The number of carbonyl (C=O) groups excluding carboxylic acids is 1. The van der Waals surface area contributed by atoms with Crippen LogP contribution in [0.3, 0.4) is 0 Å². The van der Waals surface area contributed by atoms with Crippen LogP contribution in [0.25, 0.3) is 11.0 Å². The monoisotopic (exact) mass is 455 g/mol.